The van der Waals surface area contributed by atoms with Crippen LogP contribution in [0.15, 0.2) is 18.2 Å². The van der Waals surface area contributed by atoms with Crippen molar-refractivity contribution in [3.05, 3.63) is 35.1 Å². The molecular weight excluding hydrogens is 253 g/mol. The lowest BCUT2D eigenvalue weighted by molar-refractivity contribution is 0.572. The second-order valence-electron chi connectivity index (χ2n) is 4.89. The van der Waals surface area contributed by atoms with E-state index >= 15 is 0 Å². The van der Waals surface area contributed by atoms with Gasteiger partial charge in [0.1, 0.15) is 5.82 Å². The second kappa shape index (κ2) is 6.29. The standard InChI is InChI=1S/C13H20FNO2S/c1-10(2)5-6-18(16,17)9-12-7-13(14)4-3-11(12)8-15/h3-4,7,10H,5-6,8-9,15H2,1-2H3. The Balaban J connectivity index is 2.86. The molecule has 0 aliphatic heterocycles. The Labute approximate surface area is 108 Å². The molecule has 1 aromatic carbocycles. The van der Waals surface area contributed by atoms with E-state index in [1.54, 1.807) is 6.07 Å². The molecule has 0 bridgehead atoms. The van der Waals surface area contributed by atoms with Gasteiger partial charge in [0.05, 0.1) is 11.5 Å². The van der Waals surface area contributed by atoms with E-state index in [4.69, 9.17) is 5.73 Å². The van der Waals surface area contributed by atoms with Crippen LogP contribution in [0.3, 0.4) is 0 Å². The van der Waals surface area contributed by atoms with Crippen molar-refractivity contribution in [3.8, 4) is 0 Å². The fraction of sp³-hybridized carbons (Fsp3) is 0.538. The highest BCUT2D eigenvalue weighted by Gasteiger charge is 2.15. The van der Waals surface area contributed by atoms with Crippen molar-refractivity contribution >= 4 is 9.84 Å². The van der Waals surface area contributed by atoms with Crippen LogP contribution in [0.5, 0.6) is 0 Å². The van der Waals surface area contributed by atoms with Crippen LogP contribution in [0.1, 0.15) is 31.4 Å². The van der Waals surface area contributed by atoms with Crippen molar-refractivity contribution in [1.29, 1.82) is 0 Å². The molecule has 18 heavy (non-hydrogen) atoms. The number of hydrogen-bond donors (Lipinski definition) is 1. The average molecular weight is 273 g/mol. The summed E-state index contributed by atoms with van der Waals surface area (Å²) in [6.07, 6.45) is 0.621. The van der Waals surface area contributed by atoms with E-state index in [0.29, 0.717) is 23.5 Å². The Morgan fingerprint density at radius 2 is 1.94 bits per heavy atom. The third-order valence-electron chi connectivity index (χ3n) is 2.77. The highest BCUT2D eigenvalue weighted by atomic mass is 32.2. The van der Waals surface area contributed by atoms with E-state index in [0.717, 1.165) is 0 Å². The monoisotopic (exact) mass is 273 g/mol. The molecule has 0 amide bonds. The van der Waals surface area contributed by atoms with Gasteiger partial charge in [-0.2, -0.15) is 0 Å². The second-order valence-corrected chi connectivity index (χ2v) is 7.08. The molecule has 2 N–H and O–H groups in total. The Morgan fingerprint density at radius 3 is 2.50 bits per heavy atom. The average Bonchev–Trinajstić information content (AvgIpc) is 2.26. The molecule has 0 atom stereocenters. The Bertz CT molecular complexity index is 498. The first-order valence-electron chi connectivity index (χ1n) is 6.02. The Hall–Kier alpha value is -0.940. The molecule has 0 saturated heterocycles. The number of rotatable bonds is 6. The fourth-order valence-electron chi connectivity index (χ4n) is 1.65. The number of benzene rings is 1. The van der Waals surface area contributed by atoms with Crippen molar-refractivity contribution in [1.82, 2.24) is 0 Å². The first kappa shape index (κ1) is 15.1. The molecule has 0 unspecified atom stereocenters. The summed E-state index contributed by atoms with van der Waals surface area (Å²) in [4.78, 5) is 0. The zero-order valence-corrected chi connectivity index (χ0v) is 11.6. The zero-order valence-electron chi connectivity index (χ0n) is 10.8. The van der Waals surface area contributed by atoms with Gasteiger partial charge in [0.2, 0.25) is 0 Å². The van der Waals surface area contributed by atoms with Gasteiger partial charge in [-0.05, 0) is 35.6 Å². The highest BCUT2D eigenvalue weighted by molar-refractivity contribution is 7.90. The van der Waals surface area contributed by atoms with Gasteiger partial charge in [-0.1, -0.05) is 19.9 Å². The van der Waals surface area contributed by atoms with Crippen molar-refractivity contribution in [2.75, 3.05) is 5.75 Å². The molecule has 0 spiro atoms. The lowest BCUT2D eigenvalue weighted by Gasteiger charge is -2.10. The molecule has 0 saturated carbocycles. The topological polar surface area (TPSA) is 60.2 Å². The van der Waals surface area contributed by atoms with Gasteiger partial charge in [-0.15, -0.1) is 0 Å². The Morgan fingerprint density at radius 1 is 1.28 bits per heavy atom. The van der Waals surface area contributed by atoms with Gasteiger partial charge in [-0.25, -0.2) is 12.8 Å². The summed E-state index contributed by atoms with van der Waals surface area (Å²) in [7, 11) is -3.20. The van der Waals surface area contributed by atoms with E-state index in [1.807, 2.05) is 13.8 Å². The third kappa shape index (κ3) is 4.74. The quantitative estimate of drug-likeness (QED) is 0.864. The van der Waals surface area contributed by atoms with Gasteiger partial charge in [-0.3, -0.25) is 0 Å². The van der Waals surface area contributed by atoms with E-state index in [1.165, 1.54) is 12.1 Å². The predicted molar refractivity (Wildman–Crippen MR) is 71.2 cm³/mol. The minimum absolute atomic E-state index is 0.130. The molecular formula is C13H20FNO2S. The summed E-state index contributed by atoms with van der Waals surface area (Å²) in [6.45, 7) is 4.17. The van der Waals surface area contributed by atoms with Gasteiger partial charge in [0, 0.05) is 6.54 Å². The first-order valence-corrected chi connectivity index (χ1v) is 7.84. The summed E-state index contributed by atoms with van der Waals surface area (Å²) < 4.78 is 37.0. The lowest BCUT2D eigenvalue weighted by Crippen LogP contribution is -2.13. The predicted octanol–water partition coefficient (Wildman–Crippen LogP) is 2.25. The summed E-state index contributed by atoms with van der Waals surface area (Å²) in [5, 5.41) is 0. The molecule has 0 heterocycles. The smallest absolute Gasteiger partial charge is 0.154 e. The van der Waals surface area contributed by atoms with Crippen LogP contribution >= 0.6 is 0 Å². The normalized spacial score (nSPS) is 12.1. The third-order valence-corrected chi connectivity index (χ3v) is 4.38. The highest BCUT2D eigenvalue weighted by Crippen LogP contribution is 2.16. The summed E-state index contributed by atoms with van der Waals surface area (Å²) >= 11 is 0. The SMILES string of the molecule is CC(C)CCS(=O)(=O)Cc1cc(F)ccc1CN. The van der Waals surface area contributed by atoms with Crippen LogP contribution in [-0.4, -0.2) is 14.2 Å². The van der Waals surface area contributed by atoms with Crippen LogP contribution in [0.25, 0.3) is 0 Å². The number of halogens is 1. The van der Waals surface area contributed by atoms with Crippen molar-refractivity contribution < 1.29 is 12.8 Å². The molecule has 3 nitrogen and oxygen atoms in total. The van der Waals surface area contributed by atoms with Crippen LogP contribution < -0.4 is 5.73 Å². The van der Waals surface area contributed by atoms with Crippen LogP contribution in [-0.2, 0) is 22.1 Å². The number of hydrogen-bond acceptors (Lipinski definition) is 3. The summed E-state index contributed by atoms with van der Waals surface area (Å²) in [5.74, 6) is -0.0996. The largest absolute Gasteiger partial charge is 0.326 e. The molecule has 102 valence electrons. The van der Waals surface area contributed by atoms with E-state index in [9.17, 15) is 12.8 Å². The van der Waals surface area contributed by atoms with Crippen molar-refractivity contribution in [2.24, 2.45) is 11.7 Å². The van der Waals surface area contributed by atoms with Gasteiger partial charge >= 0.3 is 0 Å². The summed E-state index contributed by atoms with van der Waals surface area (Å²) in [6, 6.07) is 4.10. The number of nitrogens with two attached hydrogens (primary N) is 1. The fourth-order valence-corrected chi connectivity index (χ4v) is 3.37. The maximum atomic E-state index is 13.1. The Kier molecular flexibility index (Phi) is 5.28. The van der Waals surface area contributed by atoms with Crippen LogP contribution in [0, 0.1) is 11.7 Å². The van der Waals surface area contributed by atoms with Gasteiger partial charge in [0.15, 0.2) is 9.84 Å². The molecule has 0 fully saturated rings. The minimum atomic E-state index is -3.20. The zero-order chi connectivity index (χ0) is 13.8. The molecule has 1 rings (SSSR count). The van der Waals surface area contributed by atoms with Crippen molar-refractivity contribution in [3.63, 3.8) is 0 Å². The molecule has 0 aliphatic carbocycles. The molecule has 0 radical (unpaired) electrons. The van der Waals surface area contributed by atoms with Gasteiger partial charge < -0.3 is 5.73 Å². The molecule has 5 heteroatoms. The van der Waals surface area contributed by atoms with E-state index in [2.05, 4.69) is 0 Å². The van der Waals surface area contributed by atoms with Crippen LogP contribution in [0.4, 0.5) is 4.39 Å². The van der Waals surface area contributed by atoms with E-state index in [-0.39, 0.29) is 18.1 Å². The molecule has 1 aromatic rings. The minimum Gasteiger partial charge on any atom is -0.326 e. The summed E-state index contributed by atoms with van der Waals surface area (Å²) in [5.41, 5.74) is 6.68. The lowest BCUT2D eigenvalue weighted by atomic mass is 10.1. The maximum absolute atomic E-state index is 13.1. The van der Waals surface area contributed by atoms with Gasteiger partial charge in [0.25, 0.3) is 0 Å². The first-order chi connectivity index (χ1) is 8.34. The molecule has 0 aromatic heterocycles. The molecule has 0 aliphatic rings. The van der Waals surface area contributed by atoms with Crippen molar-refractivity contribution in [2.45, 2.75) is 32.6 Å². The van der Waals surface area contributed by atoms with Crippen LogP contribution in [0.2, 0.25) is 0 Å². The van der Waals surface area contributed by atoms with E-state index < -0.39 is 15.7 Å². The maximum Gasteiger partial charge on any atom is 0.154 e. The number of sulfone groups is 1.